The minimum Gasteiger partial charge on any atom is -0.467 e. The van der Waals surface area contributed by atoms with E-state index >= 15 is 0 Å². The second-order valence-electron chi connectivity index (χ2n) is 5.37. The van der Waals surface area contributed by atoms with Crippen LogP contribution in [0.15, 0.2) is 53.4 Å². The highest BCUT2D eigenvalue weighted by atomic mass is 35.5. The Morgan fingerprint density at radius 3 is 2.70 bits per heavy atom. The van der Waals surface area contributed by atoms with Gasteiger partial charge in [-0.2, -0.15) is 13.2 Å². The third-order valence-electron chi connectivity index (χ3n) is 3.47. The van der Waals surface area contributed by atoms with Gasteiger partial charge in [0.15, 0.2) is 0 Å². The van der Waals surface area contributed by atoms with Gasteiger partial charge in [0.2, 0.25) is 0 Å². The first kappa shape index (κ1) is 18.7. The zero-order valence-corrected chi connectivity index (χ0v) is 14.3. The fourth-order valence-corrected chi connectivity index (χ4v) is 2.32. The molecule has 140 valence electrons. The molecule has 0 fully saturated rings. The molecule has 3 rings (SSSR count). The van der Waals surface area contributed by atoms with Crippen molar-refractivity contribution >= 4 is 29.0 Å². The number of carbonyl (C=O) groups excluding carboxylic acids is 1. The van der Waals surface area contributed by atoms with Crippen molar-refractivity contribution < 1.29 is 22.4 Å². The SMILES string of the molecule is O=C(Nc1cc(C(F)(F)F)ccc1Cl)c1cc(NCc2ccco2)ncn1. The van der Waals surface area contributed by atoms with Crippen LogP contribution in [0.2, 0.25) is 5.02 Å². The number of nitrogens with zero attached hydrogens (tertiary/aromatic N) is 2. The van der Waals surface area contributed by atoms with Crippen molar-refractivity contribution in [2.24, 2.45) is 0 Å². The Morgan fingerprint density at radius 1 is 1.19 bits per heavy atom. The number of anilines is 2. The van der Waals surface area contributed by atoms with Gasteiger partial charge in [0, 0.05) is 6.07 Å². The number of nitrogens with one attached hydrogen (secondary N) is 2. The van der Waals surface area contributed by atoms with Crippen LogP contribution in [-0.2, 0) is 12.7 Å². The van der Waals surface area contributed by atoms with Gasteiger partial charge in [-0.1, -0.05) is 11.6 Å². The molecule has 0 spiro atoms. The number of aromatic nitrogens is 2. The predicted molar refractivity (Wildman–Crippen MR) is 92.5 cm³/mol. The van der Waals surface area contributed by atoms with E-state index < -0.39 is 17.6 Å². The van der Waals surface area contributed by atoms with Crippen LogP contribution >= 0.6 is 11.6 Å². The fourth-order valence-electron chi connectivity index (χ4n) is 2.15. The highest BCUT2D eigenvalue weighted by molar-refractivity contribution is 6.33. The Hall–Kier alpha value is -3.07. The second-order valence-corrected chi connectivity index (χ2v) is 5.78. The highest BCUT2D eigenvalue weighted by Gasteiger charge is 2.31. The van der Waals surface area contributed by atoms with E-state index in [9.17, 15) is 18.0 Å². The third kappa shape index (κ3) is 4.76. The van der Waals surface area contributed by atoms with Crippen molar-refractivity contribution in [2.45, 2.75) is 12.7 Å². The molecular weight excluding hydrogens is 385 g/mol. The third-order valence-corrected chi connectivity index (χ3v) is 3.80. The average molecular weight is 397 g/mol. The molecule has 0 aliphatic heterocycles. The van der Waals surface area contributed by atoms with Crippen molar-refractivity contribution in [1.29, 1.82) is 0 Å². The number of amides is 1. The van der Waals surface area contributed by atoms with E-state index in [1.165, 1.54) is 12.3 Å². The molecule has 3 aromatic rings. The first-order valence-electron chi connectivity index (χ1n) is 7.59. The number of carbonyl (C=O) groups is 1. The molecule has 0 aliphatic carbocycles. The first-order valence-corrected chi connectivity index (χ1v) is 7.97. The monoisotopic (exact) mass is 396 g/mol. The summed E-state index contributed by atoms with van der Waals surface area (Å²) in [5.41, 5.74) is -1.13. The molecule has 0 bridgehead atoms. The van der Waals surface area contributed by atoms with Gasteiger partial charge in [-0.25, -0.2) is 9.97 Å². The Kier molecular flexibility index (Phi) is 5.31. The van der Waals surface area contributed by atoms with Gasteiger partial charge in [0.1, 0.15) is 23.6 Å². The van der Waals surface area contributed by atoms with Crippen molar-refractivity contribution in [3.05, 3.63) is 71.0 Å². The fraction of sp³-hybridized carbons (Fsp3) is 0.118. The molecule has 0 saturated carbocycles. The summed E-state index contributed by atoms with van der Waals surface area (Å²) in [5.74, 6) is 0.289. The molecule has 27 heavy (non-hydrogen) atoms. The molecule has 1 amide bonds. The maximum atomic E-state index is 12.8. The molecule has 6 nitrogen and oxygen atoms in total. The normalized spacial score (nSPS) is 11.3. The van der Waals surface area contributed by atoms with Gasteiger partial charge in [-0.05, 0) is 30.3 Å². The van der Waals surface area contributed by atoms with Crippen molar-refractivity contribution in [1.82, 2.24) is 9.97 Å². The molecule has 2 heterocycles. The Bertz CT molecular complexity index is 946. The lowest BCUT2D eigenvalue weighted by molar-refractivity contribution is -0.137. The number of hydrogen-bond acceptors (Lipinski definition) is 5. The van der Waals surface area contributed by atoms with Gasteiger partial charge >= 0.3 is 6.18 Å². The zero-order valence-electron chi connectivity index (χ0n) is 13.5. The Labute approximate surface area is 156 Å². The number of benzene rings is 1. The van der Waals surface area contributed by atoms with Crippen molar-refractivity contribution in [3.63, 3.8) is 0 Å². The molecule has 0 unspecified atom stereocenters. The quantitative estimate of drug-likeness (QED) is 0.658. The lowest BCUT2D eigenvalue weighted by Crippen LogP contribution is -2.16. The zero-order chi connectivity index (χ0) is 19.4. The van der Waals surface area contributed by atoms with Crippen molar-refractivity contribution in [3.8, 4) is 0 Å². The minimum absolute atomic E-state index is 0.0263. The summed E-state index contributed by atoms with van der Waals surface area (Å²) < 4.78 is 43.6. The summed E-state index contributed by atoms with van der Waals surface area (Å²) in [6, 6.07) is 7.51. The van der Waals surface area contributed by atoms with E-state index in [0.29, 0.717) is 18.1 Å². The Morgan fingerprint density at radius 2 is 2.00 bits per heavy atom. The largest absolute Gasteiger partial charge is 0.467 e. The first-order chi connectivity index (χ1) is 12.8. The molecule has 0 aliphatic rings. The van der Waals surface area contributed by atoms with Gasteiger partial charge in [-0.15, -0.1) is 0 Å². The van der Waals surface area contributed by atoms with Crippen LogP contribution in [0.1, 0.15) is 21.8 Å². The van der Waals surface area contributed by atoms with Gasteiger partial charge in [0.25, 0.3) is 5.91 Å². The molecule has 1 aromatic carbocycles. The van der Waals surface area contributed by atoms with Crippen LogP contribution in [0.25, 0.3) is 0 Å². The van der Waals surface area contributed by atoms with E-state index in [1.807, 2.05) is 0 Å². The lowest BCUT2D eigenvalue weighted by atomic mass is 10.2. The lowest BCUT2D eigenvalue weighted by Gasteiger charge is -2.11. The van der Waals surface area contributed by atoms with Crippen LogP contribution < -0.4 is 10.6 Å². The molecule has 0 atom stereocenters. The molecule has 0 radical (unpaired) electrons. The summed E-state index contributed by atoms with van der Waals surface area (Å²) >= 11 is 5.88. The second kappa shape index (κ2) is 7.67. The molecule has 0 saturated heterocycles. The number of hydrogen-bond donors (Lipinski definition) is 2. The van der Waals surface area contributed by atoms with Crippen LogP contribution in [0.5, 0.6) is 0 Å². The summed E-state index contributed by atoms with van der Waals surface area (Å²) in [6.07, 6.45) is -1.87. The number of alkyl halides is 3. The van der Waals surface area contributed by atoms with Crippen LogP contribution in [0.3, 0.4) is 0 Å². The van der Waals surface area contributed by atoms with E-state index in [4.69, 9.17) is 16.0 Å². The summed E-state index contributed by atoms with van der Waals surface area (Å²) in [6.45, 7) is 0.338. The summed E-state index contributed by atoms with van der Waals surface area (Å²) in [4.78, 5) is 20.1. The smallest absolute Gasteiger partial charge is 0.416 e. The van der Waals surface area contributed by atoms with Gasteiger partial charge in [0.05, 0.1) is 29.1 Å². The van der Waals surface area contributed by atoms with Crippen LogP contribution in [-0.4, -0.2) is 15.9 Å². The average Bonchev–Trinajstić information content (AvgIpc) is 3.14. The number of rotatable bonds is 5. The van der Waals surface area contributed by atoms with E-state index in [2.05, 4.69) is 20.6 Å². The molecule has 10 heteroatoms. The number of halogens is 4. The molecular formula is C17H12ClF3N4O2. The van der Waals surface area contributed by atoms with Crippen LogP contribution in [0.4, 0.5) is 24.7 Å². The highest BCUT2D eigenvalue weighted by Crippen LogP contribution is 2.33. The van der Waals surface area contributed by atoms with Gasteiger partial charge < -0.3 is 15.1 Å². The molecule has 2 aromatic heterocycles. The minimum atomic E-state index is -4.55. The predicted octanol–water partition coefficient (Wildman–Crippen LogP) is 4.61. The standard InChI is InChI=1S/C17H12ClF3N4O2/c18-12-4-3-10(17(19,20)21)6-13(12)25-16(26)14-7-15(24-9-23-14)22-8-11-2-1-5-27-11/h1-7,9H,8H2,(H,25,26)(H,22,23,24). The van der Waals surface area contributed by atoms with E-state index in [0.717, 1.165) is 24.5 Å². The maximum absolute atomic E-state index is 12.8. The Balaban J connectivity index is 1.74. The molecule has 2 N–H and O–H groups in total. The number of furan rings is 1. The topological polar surface area (TPSA) is 80.0 Å². The summed E-state index contributed by atoms with van der Waals surface area (Å²) in [7, 11) is 0. The van der Waals surface area contributed by atoms with E-state index in [-0.39, 0.29) is 16.4 Å². The maximum Gasteiger partial charge on any atom is 0.416 e. The van der Waals surface area contributed by atoms with Gasteiger partial charge in [-0.3, -0.25) is 4.79 Å². The van der Waals surface area contributed by atoms with E-state index in [1.54, 1.807) is 12.1 Å². The van der Waals surface area contributed by atoms with Crippen LogP contribution in [0, 0.1) is 0 Å². The summed E-state index contributed by atoms with van der Waals surface area (Å²) in [5, 5.41) is 5.25. The van der Waals surface area contributed by atoms with Crippen molar-refractivity contribution in [2.75, 3.05) is 10.6 Å².